The number of carbonyl (C=O) groups excluding carboxylic acids is 1. The van der Waals surface area contributed by atoms with Gasteiger partial charge in [-0.3, -0.25) is 9.59 Å². The van der Waals surface area contributed by atoms with Crippen molar-refractivity contribution in [1.29, 1.82) is 0 Å². The second-order valence-corrected chi connectivity index (χ2v) is 6.12. The Labute approximate surface area is 143 Å². The van der Waals surface area contributed by atoms with Crippen molar-refractivity contribution in [2.45, 2.75) is 64.0 Å². The monoisotopic (exact) mass is 349 g/mol. The van der Waals surface area contributed by atoms with E-state index in [-0.39, 0.29) is 6.42 Å². The largest absolute Gasteiger partial charge is 0.481 e. The summed E-state index contributed by atoms with van der Waals surface area (Å²) < 4.78 is 0. The van der Waals surface area contributed by atoms with Gasteiger partial charge in [-0.15, -0.1) is 0 Å². The number of unbranched alkanes of at least 4 members (excludes halogenated alkanes) is 1. The summed E-state index contributed by atoms with van der Waals surface area (Å²) in [7, 11) is 0.552. The zero-order valence-corrected chi connectivity index (χ0v) is 15.0. The summed E-state index contributed by atoms with van der Waals surface area (Å²) in [5, 5.41) is 40.0. The summed E-state index contributed by atoms with van der Waals surface area (Å²) in [4.78, 5) is 22.2. The predicted octanol–water partition coefficient (Wildman–Crippen LogP) is -1.48. The third kappa shape index (κ3) is 14.4. The van der Waals surface area contributed by atoms with Crippen molar-refractivity contribution in [2.75, 3.05) is 13.6 Å². The molecule has 0 heterocycles. The average Bonchev–Trinajstić information content (AvgIpc) is 2.43. The average molecular weight is 349 g/mol. The molecule has 0 rings (SSSR count). The number of nitrogens with one attached hydrogen (secondary N) is 2. The number of rotatable bonds is 10. The van der Waals surface area contributed by atoms with E-state index in [4.69, 9.17) is 20.9 Å². The van der Waals surface area contributed by atoms with Crippen LogP contribution >= 0.6 is 0 Å². The van der Waals surface area contributed by atoms with E-state index in [2.05, 4.69) is 10.6 Å². The van der Waals surface area contributed by atoms with E-state index in [0.29, 0.717) is 12.9 Å². The van der Waals surface area contributed by atoms with E-state index in [1.807, 2.05) is 6.92 Å². The van der Waals surface area contributed by atoms with Gasteiger partial charge in [0, 0.05) is 6.54 Å². The number of carbonyl (C=O) groups is 2. The van der Waals surface area contributed by atoms with E-state index in [0.717, 1.165) is 12.8 Å². The topological polar surface area (TPSA) is 165 Å². The van der Waals surface area contributed by atoms with Crippen LogP contribution < -0.4 is 16.4 Å². The Kier molecular flexibility index (Phi) is 13.7. The van der Waals surface area contributed by atoms with Crippen molar-refractivity contribution < 1.29 is 29.9 Å². The van der Waals surface area contributed by atoms with Gasteiger partial charge in [-0.2, -0.15) is 0 Å². The second kappa shape index (κ2) is 13.1. The molecule has 0 aliphatic heterocycles. The molecule has 0 aromatic rings. The number of likely N-dealkylation sites (N-methyl/N-ethyl adjacent to an activating group) is 1. The van der Waals surface area contributed by atoms with Crippen LogP contribution in [0.2, 0.25) is 6.32 Å². The number of carboxylic acids is 1. The lowest BCUT2D eigenvalue weighted by atomic mass is 9.84. The minimum Gasteiger partial charge on any atom is -0.481 e. The molecule has 2 atom stereocenters. The highest BCUT2D eigenvalue weighted by atomic mass is 16.4. The maximum atomic E-state index is 11.6. The van der Waals surface area contributed by atoms with Crippen LogP contribution in [0.5, 0.6) is 0 Å². The number of nitrogens with two attached hydrogens (primary N) is 1. The molecule has 0 aliphatic rings. The summed E-state index contributed by atoms with van der Waals surface area (Å²) in [6.07, 6.45) is 2.23. The molecule has 8 N–H and O–H groups in total. The quantitative estimate of drug-likeness (QED) is 0.235. The number of carboxylic acid groups (broad SMARTS) is 1. The zero-order valence-electron chi connectivity index (χ0n) is 15.0. The first-order valence-electron chi connectivity index (χ1n) is 7.96. The van der Waals surface area contributed by atoms with Gasteiger partial charge in [0.1, 0.15) is 6.04 Å². The van der Waals surface area contributed by atoms with E-state index < -0.39 is 36.7 Å². The highest BCUT2D eigenvalue weighted by Gasteiger charge is 2.31. The van der Waals surface area contributed by atoms with Crippen LogP contribution in [0.15, 0.2) is 0 Å². The lowest BCUT2D eigenvalue weighted by molar-refractivity contribution is -0.137. The van der Waals surface area contributed by atoms with E-state index in [1.165, 1.54) is 13.8 Å². The molecular formula is C14H32BN3O6. The standard InChI is InChI=1S/C10H21N3O4.C4H11BO2/c1-10(2,17)8(11)9(16)13-6(5-12-3)4-7(14)15;1-2-3-4-5(6)7/h6,8,12,17H,4-5,11H2,1-3H3,(H,13,16)(H,14,15);6-7H,2-4H2,1H3. The van der Waals surface area contributed by atoms with Crippen LogP contribution in [0.4, 0.5) is 0 Å². The van der Waals surface area contributed by atoms with Gasteiger partial charge in [-0.1, -0.05) is 19.8 Å². The molecule has 9 nitrogen and oxygen atoms in total. The Bertz CT molecular complexity index is 363. The van der Waals surface area contributed by atoms with Gasteiger partial charge in [0.2, 0.25) is 5.91 Å². The zero-order chi connectivity index (χ0) is 19.3. The van der Waals surface area contributed by atoms with Crippen LogP contribution in [-0.4, -0.2) is 70.5 Å². The van der Waals surface area contributed by atoms with Crippen LogP contribution in [0.25, 0.3) is 0 Å². The van der Waals surface area contributed by atoms with Gasteiger partial charge in [-0.05, 0) is 27.2 Å². The van der Waals surface area contributed by atoms with Crippen molar-refractivity contribution in [1.82, 2.24) is 10.6 Å². The van der Waals surface area contributed by atoms with Crippen LogP contribution in [0, 0.1) is 0 Å². The van der Waals surface area contributed by atoms with Gasteiger partial charge in [0.15, 0.2) is 0 Å². The maximum absolute atomic E-state index is 11.6. The number of amides is 1. The first-order valence-corrected chi connectivity index (χ1v) is 7.96. The molecule has 0 radical (unpaired) electrons. The first kappa shape index (κ1) is 25.0. The van der Waals surface area contributed by atoms with Gasteiger partial charge >= 0.3 is 13.1 Å². The Morgan fingerprint density at radius 1 is 1.29 bits per heavy atom. The summed E-state index contributed by atoms with van der Waals surface area (Å²) in [6.45, 7) is 5.17. The molecule has 0 aromatic heterocycles. The molecule has 0 aliphatic carbocycles. The number of aliphatic carboxylic acids is 1. The summed E-state index contributed by atoms with van der Waals surface area (Å²) in [6, 6.07) is -1.66. The molecule has 24 heavy (non-hydrogen) atoms. The second-order valence-electron chi connectivity index (χ2n) is 6.12. The highest BCUT2D eigenvalue weighted by Crippen LogP contribution is 2.06. The van der Waals surface area contributed by atoms with Crippen LogP contribution in [0.1, 0.15) is 40.0 Å². The van der Waals surface area contributed by atoms with Gasteiger partial charge in [-0.25, -0.2) is 0 Å². The lowest BCUT2D eigenvalue weighted by Crippen LogP contribution is -2.56. The molecule has 1 amide bonds. The highest BCUT2D eigenvalue weighted by molar-refractivity contribution is 6.40. The van der Waals surface area contributed by atoms with E-state index in [1.54, 1.807) is 7.05 Å². The Balaban J connectivity index is 0. The number of hydrogen-bond donors (Lipinski definition) is 7. The third-order valence-electron chi connectivity index (χ3n) is 3.08. The maximum Gasteiger partial charge on any atom is 0.451 e. The minimum atomic E-state index is -1.35. The fourth-order valence-corrected chi connectivity index (χ4v) is 1.63. The summed E-state index contributed by atoms with van der Waals surface area (Å²) in [5.41, 5.74) is 4.19. The summed E-state index contributed by atoms with van der Waals surface area (Å²) in [5.74, 6) is -1.58. The SMILES string of the molecule is CCCCB(O)O.CNCC(CC(=O)O)NC(=O)C(N)C(C)(C)O. The van der Waals surface area contributed by atoms with Gasteiger partial charge in [0.05, 0.1) is 18.1 Å². The summed E-state index contributed by atoms with van der Waals surface area (Å²) >= 11 is 0. The molecular weight excluding hydrogens is 317 g/mol. The van der Waals surface area contributed by atoms with Crippen LogP contribution in [0.3, 0.4) is 0 Å². The number of hydrogen-bond acceptors (Lipinski definition) is 7. The third-order valence-corrected chi connectivity index (χ3v) is 3.08. The first-order chi connectivity index (χ1) is 10.9. The van der Waals surface area contributed by atoms with Gasteiger partial charge < -0.3 is 36.6 Å². The molecule has 0 fully saturated rings. The Morgan fingerprint density at radius 3 is 2.12 bits per heavy atom. The molecule has 0 saturated carbocycles. The van der Waals surface area contributed by atoms with E-state index in [9.17, 15) is 14.7 Å². The van der Waals surface area contributed by atoms with Crippen molar-refractivity contribution in [2.24, 2.45) is 5.73 Å². The van der Waals surface area contributed by atoms with E-state index >= 15 is 0 Å². The molecule has 2 unspecified atom stereocenters. The van der Waals surface area contributed by atoms with Crippen molar-refractivity contribution >= 4 is 19.0 Å². The normalized spacial score (nSPS) is 13.3. The Morgan fingerprint density at radius 2 is 1.83 bits per heavy atom. The molecule has 10 heteroatoms. The van der Waals surface area contributed by atoms with Crippen molar-refractivity contribution in [3.8, 4) is 0 Å². The fraction of sp³-hybridized carbons (Fsp3) is 0.857. The Hall–Kier alpha value is -1.20. The molecule has 0 saturated heterocycles. The molecule has 0 spiro atoms. The molecule has 142 valence electrons. The van der Waals surface area contributed by atoms with Crippen LogP contribution in [-0.2, 0) is 9.59 Å². The number of aliphatic hydroxyl groups is 1. The van der Waals surface area contributed by atoms with Crippen molar-refractivity contribution in [3.63, 3.8) is 0 Å². The molecule has 0 aromatic carbocycles. The van der Waals surface area contributed by atoms with Crippen molar-refractivity contribution in [3.05, 3.63) is 0 Å². The molecule has 0 bridgehead atoms. The smallest absolute Gasteiger partial charge is 0.451 e. The lowest BCUT2D eigenvalue weighted by Gasteiger charge is -2.26. The minimum absolute atomic E-state index is 0.203. The predicted molar refractivity (Wildman–Crippen MR) is 92.3 cm³/mol. The van der Waals surface area contributed by atoms with Gasteiger partial charge in [0.25, 0.3) is 0 Å². The fourth-order valence-electron chi connectivity index (χ4n) is 1.63.